The van der Waals surface area contributed by atoms with Gasteiger partial charge in [0.1, 0.15) is 5.65 Å². The van der Waals surface area contributed by atoms with Crippen molar-refractivity contribution in [3.05, 3.63) is 39.2 Å². The van der Waals surface area contributed by atoms with E-state index >= 15 is 0 Å². The van der Waals surface area contributed by atoms with Gasteiger partial charge in [0.25, 0.3) is 5.56 Å². The molecule has 2 aromatic heterocycles. The smallest absolute Gasteiger partial charge is 0.332 e. The highest BCUT2D eigenvalue weighted by molar-refractivity contribution is 5.73. The third-order valence-electron chi connectivity index (χ3n) is 4.16. The average molecular weight is 275 g/mol. The lowest BCUT2D eigenvalue weighted by atomic mass is 9.83. The number of hydrogen-bond acceptors (Lipinski definition) is 4. The van der Waals surface area contributed by atoms with Gasteiger partial charge in [-0.1, -0.05) is 6.92 Å². The fourth-order valence-corrected chi connectivity index (χ4v) is 2.61. The van der Waals surface area contributed by atoms with Gasteiger partial charge in [0, 0.05) is 25.2 Å². The number of fused-ring (bicyclic) bond motifs is 1. The predicted octanol–water partition coefficient (Wildman–Crippen LogP) is 0.522. The first-order valence-electron chi connectivity index (χ1n) is 6.70. The highest BCUT2D eigenvalue weighted by Crippen LogP contribution is 2.32. The van der Waals surface area contributed by atoms with E-state index in [0.717, 1.165) is 6.42 Å². The van der Waals surface area contributed by atoms with Gasteiger partial charge in [-0.2, -0.15) is 0 Å². The summed E-state index contributed by atoms with van der Waals surface area (Å²) in [4.78, 5) is 29.0. The molecule has 2 aromatic rings. The molecule has 3 heterocycles. The van der Waals surface area contributed by atoms with Gasteiger partial charge < -0.3 is 4.74 Å². The maximum Gasteiger partial charge on any atom is 0.332 e. The summed E-state index contributed by atoms with van der Waals surface area (Å²) in [7, 11) is 1.64. The Hall–Kier alpha value is -1.95. The molecule has 0 N–H and O–H groups in total. The molecule has 0 aromatic carbocycles. The van der Waals surface area contributed by atoms with Crippen LogP contribution in [-0.4, -0.2) is 27.3 Å². The van der Waals surface area contributed by atoms with E-state index in [0.29, 0.717) is 30.8 Å². The van der Waals surface area contributed by atoms with Crippen LogP contribution in [0.25, 0.3) is 11.0 Å². The molecule has 0 amide bonds. The molecular formula is C14H17N3O3. The van der Waals surface area contributed by atoms with Crippen molar-refractivity contribution in [3.8, 4) is 0 Å². The van der Waals surface area contributed by atoms with E-state index < -0.39 is 0 Å². The summed E-state index contributed by atoms with van der Waals surface area (Å²) in [6, 6.07) is 3.41. The Bertz CT molecular complexity index is 766. The predicted molar refractivity (Wildman–Crippen MR) is 74.8 cm³/mol. The minimum atomic E-state index is -0.319. The molecule has 0 unspecified atom stereocenters. The van der Waals surface area contributed by atoms with E-state index in [1.807, 2.05) is 0 Å². The zero-order valence-electron chi connectivity index (χ0n) is 11.6. The molecule has 1 aliphatic heterocycles. The molecule has 1 aliphatic rings. The second-order valence-electron chi connectivity index (χ2n) is 5.45. The molecule has 0 atom stereocenters. The fourth-order valence-electron chi connectivity index (χ4n) is 2.61. The van der Waals surface area contributed by atoms with Crippen LogP contribution in [0.3, 0.4) is 0 Å². The zero-order chi connectivity index (χ0) is 14.3. The minimum Gasteiger partial charge on any atom is -0.380 e. The van der Waals surface area contributed by atoms with Gasteiger partial charge in [0.15, 0.2) is 0 Å². The van der Waals surface area contributed by atoms with E-state index in [1.54, 1.807) is 25.4 Å². The normalized spacial score (nSPS) is 17.1. The average Bonchev–Trinajstić information content (AvgIpc) is 2.44. The molecule has 6 heteroatoms. The molecule has 6 nitrogen and oxygen atoms in total. The van der Waals surface area contributed by atoms with Crippen LogP contribution in [-0.2, 0) is 18.3 Å². The van der Waals surface area contributed by atoms with Crippen molar-refractivity contribution in [1.29, 1.82) is 0 Å². The number of rotatable bonds is 3. The third-order valence-corrected chi connectivity index (χ3v) is 4.16. The Morgan fingerprint density at radius 1 is 1.40 bits per heavy atom. The molecule has 20 heavy (non-hydrogen) atoms. The molecule has 0 saturated carbocycles. The molecular weight excluding hydrogens is 258 g/mol. The molecule has 106 valence electrons. The van der Waals surface area contributed by atoms with E-state index in [4.69, 9.17) is 4.74 Å². The molecule has 0 radical (unpaired) electrons. The number of hydrogen-bond donors (Lipinski definition) is 0. The maximum absolute atomic E-state index is 12.5. The topological polar surface area (TPSA) is 66.1 Å². The van der Waals surface area contributed by atoms with Crippen molar-refractivity contribution in [2.75, 3.05) is 13.2 Å². The first kappa shape index (κ1) is 13.1. The molecule has 0 bridgehead atoms. The van der Waals surface area contributed by atoms with Crippen molar-refractivity contribution in [2.45, 2.75) is 19.9 Å². The Kier molecular flexibility index (Phi) is 2.97. The van der Waals surface area contributed by atoms with Crippen LogP contribution in [0.5, 0.6) is 0 Å². The Morgan fingerprint density at radius 3 is 2.75 bits per heavy atom. The van der Waals surface area contributed by atoms with Crippen LogP contribution in [0.2, 0.25) is 0 Å². The summed E-state index contributed by atoms with van der Waals surface area (Å²) in [6.07, 6.45) is 2.46. The van der Waals surface area contributed by atoms with E-state index in [9.17, 15) is 9.59 Å². The van der Waals surface area contributed by atoms with Gasteiger partial charge in [0.2, 0.25) is 0 Å². The van der Waals surface area contributed by atoms with E-state index in [1.165, 1.54) is 9.13 Å². The highest BCUT2D eigenvalue weighted by Gasteiger charge is 2.38. The van der Waals surface area contributed by atoms with Gasteiger partial charge in [-0.05, 0) is 18.6 Å². The summed E-state index contributed by atoms with van der Waals surface area (Å²) in [5.41, 5.74) is -0.253. The summed E-state index contributed by atoms with van der Waals surface area (Å²) in [5, 5.41) is 0.473. The summed E-state index contributed by atoms with van der Waals surface area (Å²) in [6.45, 7) is 3.66. The second kappa shape index (κ2) is 4.56. The number of aryl methyl sites for hydroxylation is 1. The van der Waals surface area contributed by atoms with Crippen molar-refractivity contribution in [3.63, 3.8) is 0 Å². The van der Waals surface area contributed by atoms with Gasteiger partial charge in [0.05, 0.1) is 18.6 Å². The minimum absolute atomic E-state index is 0.0914. The van der Waals surface area contributed by atoms with Crippen LogP contribution >= 0.6 is 0 Å². The lowest BCUT2D eigenvalue weighted by molar-refractivity contribution is -0.124. The summed E-state index contributed by atoms with van der Waals surface area (Å²) >= 11 is 0. The van der Waals surface area contributed by atoms with Crippen molar-refractivity contribution in [1.82, 2.24) is 14.1 Å². The maximum atomic E-state index is 12.5. The second-order valence-corrected chi connectivity index (χ2v) is 5.45. The van der Waals surface area contributed by atoms with Crippen LogP contribution in [0.4, 0.5) is 0 Å². The SMILES string of the molecule is CCC1(Cn2c(=O)c3cccnc3n(C)c2=O)COC1. The molecule has 1 saturated heterocycles. The zero-order valence-corrected chi connectivity index (χ0v) is 11.6. The monoisotopic (exact) mass is 275 g/mol. The number of nitrogens with zero attached hydrogens (tertiary/aromatic N) is 3. The lowest BCUT2D eigenvalue weighted by Gasteiger charge is -2.40. The van der Waals surface area contributed by atoms with E-state index in [2.05, 4.69) is 11.9 Å². The first-order chi connectivity index (χ1) is 9.58. The first-order valence-corrected chi connectivity index (χ1v) is 6.70. The van der Waals surface area contributed by atoms with Crippen molar-refractivity contribution >= 4 is 11.0 Å². The van der Waals surface area contributed by atoms with Crippen molar-refractivity contribution in [2.24, 2.45) is 12.5 Å². The third kappa shape index (κ3) is 1.79. The Labute approximate surface area is 115 Å². The molecule has 0 spiro atoms. The number of ether oxygens (including phenoxy) is 1. The number of pyridine rings is 1. The van der Waals surface area contributed by atoms with Gasteiger partial charge in [-0.25, -0.2) is 9.78 Å². The van der Waals surface area contributed by atoms with Crippen LogP contribution in [0.15, 0.2) is 27.9 Å². The highest BCUT2D eigenvalue weighted by atomic mass is 16.5. The van der Waals surface area contributed by atoms with Crippen LogP contribution in [0, 0.1) is 5.41 Å². The number of aromatic nitrogens is 3. The van der Waals surface area contributed by atoms with Gasteiger partial charge >= 0.3 is 5.69 Å². The molecule has 3 rings (SSSR count). The fraction of sp³-hybridized carbons (Fsp3) is 0.500. The van der Waals surface area contributed by atoms with Crippen LogP contribution < -0.4 is 11.2 Å². The van der Waals surface area contributed by atoms with Gasteiger partial charge in [-0.15, -0.1) is 0 Å². The summed E-state index contributed by atoms with van der Waals surface area (Å²) in [5.74, 6) is 0. The standard InChI is InChI=1S/C14H17N3O3/c1-3-14(8-20-9-14)7-17-12(18)10-5-4-6-15-11(10)16(2)13(17)19/h4-6H,3,7-9H2,1-2H3. The Balaban J connectivity index is 2.21. The molecule has 0 aliphatic carbocycles. The van der Waals surface area contributed by atoms with Gasteiger partial charge in [-0.3, -0.25) is 13.9 Å². The Morgan fingerprint density at radius 2 is 2.15 bits per heavy atom. The lowest BCUT2D eigenvalue weighted by Crippen LogP contribution is -2.51. The summed E-state index contributed by atoms with van der Waals surface area (Å²) < 4.78 is 8.01. The van der Waals surface area contributed by atoms with Crippen LogP contribution in [0.1, 0.15) is 13.3 Å². The molecule has 1 fully saturated rings. The largest absolute Gasteiger partial charge is 0.380 e. The quantitative estimate of drug-likeness (QED) is 0.819. The van der Waals surface area contributed by atoms with E-state index in [-0.39, 0.29) is 16.7 Å². The van der Waals surface area contributed by atoms with Crippen molar-refractivity contribution < 1.29 is 4.74 Å².